The summed E-state index contributed by atoms with van der Waals surface area (Å²) in [5.41, 5.74) is 13.4. The van der Waals surface area contributed by atoms with E-state index in [2.05, 4.69) is 106 Å². The van der Waals surface area contributed by atoms with Crippen molar-refractivity contribution < 1.29 is 14.4 Å². The maximum Gasteiger partial charge on any atom is 0.255 e. The minimum atomic E-state index is -0.548. The lowest BCUT2D eigenvalue weighted by Gasteiger charge is -2.16. The summed E-state index contributed by atoms with van der Waals surface area (Å²) in [5.74, 6) is 24.6. The summed E-state index contributed by atoms with van der Waals surface area (Å²) in [5, 5.41) is 9.20. The molecule has 0 radical (unpaired) electrons. The van der Waals surface area contributed by atoms with E-state index in [1.807, 2.05) is 54.6 Å². The SMILES string of the molecule is C#CCc1cc(CSc2ccccc2NC(=O)c2cc(C(=O)Nc3ccccc3SCc3cc(CC#C)c(CC#C)c(CC#C)c3)cc(C(=O)Nc3ccccc3SCc3cc(CC#C)c(CC#C)c(CC#C)c3)c2)cc(CC#C)c1CC#C. The first-order chi connectivity index (χ1) is 41.0. The van der Waals surface area contributed by atoms with Crippen LogP contribution in [0.25, 0.3) is 0 Å². The molecule has 0 atom stereocenters. The molecule has 6 nitrogen and oxygen atoms in total. The summed E-state index contributed by atoms with van der Waals surface area (Å²) in [4.78, 5) is 46.3. The monoisotopic (exact) mass is 1140 g/mol. The van der Waals surface area contributed by atoms with Crippen LogP contribution in [0.4, 0.5) is 17.1 Å². The molecule has 7 aromatic carbocycles. The highest BCUT2D eigenvalue weighted by Crippen LogP contribution is 2.36. The van der Waals surface area contributed by atoms with Crippen molar-refractivity contribution in [1.82, 2.24) is 0 Å². The van der Waals surface area contributed by atoms with E-state index in [9.17, 15) is 14.4 Å². The molecule has 0 aliphatic carbocycles. The zero-order valence-electron chi connectivity index (χ0n) is 46.3. The zero-order chi connectivity index (χ0) is 59.8. The molecule has 0 aliphatic rings. The van der Waals surface area contributed by atoms with Gasteiger partial charge in [0.15, 0.2) is 0 Å². The minimum absolute atomic E-state index is 0.0672. The second kappa shape index (κ2) is 31.3. The molecule has 7 aromatic rings. The Kier molecular flexibility index (Phi) is 23.0. The van der Waals surface area contributed by atoms with E-state index in [1.165, 1.54) is 53.5 Å². The van der Waals surface area contributed by atoms with Crippen LogP contribution in [0.1, 0.15) is 97.8 Å². The largest absolute Gasteiger partial charge is 0.321 e. The Hall–Kier alpha value is -9.96. The van der Waals surface area contributed by atoms with E-state index in [4.69, 9.17) is 57.8 Å². The number of para-hydroxylation sites is 3. The first-order valence-electron chi connectivity index (χ1n) is 26.5. The summed E-state index contributed by atoms with van der Waals surface area (Å²) in [6, 6.07) is 39.0. The van der Waals surface area contributed by atoms with Crippen molar-refractivity contribution in [3.63, 3.8) is 0 Å². The molecule has 3 amide bonds. The van der Waals surface area contributed by atoms with Gasteiger partial charge in [-0.2, -0.15) is 0 Å². The van der Waals surface area contributed by atoms with Gasteiger partial charge in [-0.25, -0.2) is 0 Å². The molecule has 0 aromatic heterocycles. The van der Waals surface area contributed by atoms with Crippen molar-refractivity contribution in [2.45, 2.75) is 89.7 Å². The van der Waals surface area contributed by atoms with Crippen molar-refractivity contribution in [3.8, 4) is 111 Å². The zero-order valence-corrected chi connectivity index (χ0v) is 48.7. The molecular formula is C75H57N3O3S3. The molecule has 0 saturated heterocycles. The number of rotatable bonds is 24. The highest BCUT2D eigenvalue weighted by molar-refractivity contribution is 7.99. The minimum Gasteiger partial charge on any atom is -0.321 e. The van der Waals surface area contributed by atoms with Gasteiger partial charge in [0.2, 0.25) is 0 Å². The fourth-order valence-electron chi connectivity index (χ4n) is 9.63. The van der Waals surface area contributed by atoms with E-state index in [-0.39, 0.29) is 16.7 Å². The molecule has 7 rings (SSSR count). The van der Waals surface area contributed by atoms with Gasteiger partial charge in [0, 0.05) is 106 Å². The van der Waals surface area contributed by atoms with Gasteiger partial charge >= 0.3 is 0 Å². The van der Waals surface area contributed by atoms with Crippen molar-refractivity contribution in [1.29, 1.82) is 0 Å². The van der Waals surface area contributed by atoms with Gasteiger partial charge in [-0.15, -0.1) is 146 Å². The Bertz CT molecular complexity index is 3530. The maximum atomic E-state index is 14.7. The molecule has 9 heteroatoms. The molecule has 3 N–H and O–H groups in total. The van der Waals surface area contributed by atoms with Gasteiger partial charge in [-0.05, 0) is 121 Å². The first kappa shape index (κ1) is 61.7. The van der Waals surface area contributed by atoms with E-state index in [0.29, 0.717) is 92.1 Å². The molecule has 0 fully saturated rings. The number of anilines is 3. The number of amides is 3. The molecule has 0 bridgehead atoms. The topological polar surface area (TPSA) is 87.3 Å². The molecule has 84 heavy (non-hydrogen) atoms. The Balaban J connectivity index is 1.20. The third-order valence-corrected chi connectivity index (χ3v) is 16.8. The summed E-state index contributed by atoms with van der Waals surface area (Å²) < 4.78 is 0. The fraction of sp³-hybridized carbons (Fsp3) is 0.160. The first-order valence-corrected chi connectivity index (χ1v) is 29.5. The van der Waals surface area contributed by atoms with E-state index in [0.717, 1.165) is 81.4 Å². The van der Waals surface area contributed by atoms with Gasteiger partial charge < -0.3 is 16.0 Å². The van der Waals surface area contributed by atoms with Gasteiger partial charge in [0.05, 0.1) is 17.1 Å². The lowest BCUT2D eigenvalue weighted by Crippen LogP contribution is -2.20. The fourth-order valence-corrected chi connectivity index (χ4v) is 12.4. The third kappa shape index (κ3) is 16.4. The van der Waals surface area contributed by atoms with Crippen molar-refractivity contribution in [2.24, 2.45) is 0 Å². The van der Waals surface area contributed by atoms with Crippen LogP contribution < -0.4 is 16.0 Å². The van der Waals surface area contributed by atoms with Gasteiger partial charge in [0.1, 0.15) is 0 Å². The van der Waals surface area contributed by atoms with Crippen LogP contribution in [0.15, 0.2) is 142 Å². The maximum absolute atomic E-state index is 14.7. The molecule has 0 unspecified atom stereocenters. The van der Waals surface area contributed by atoms with Gasteiger partial charge in [0.25, 0.3) is 17.7 Å². The van der Waals surface area contributed by atoms with Crippen LogP contribution >= 0.6 is 35.3 Å². The summed E-state index contributed by atoms with van der Waals surface area (Å²) in [6.45, 7) is 0. The molecule has 0 saturated carbocycles. The Morgan fingerprint density at radius 2 is 0.524 bits per heavy atom. The van der Waals surface area contributed by atoms with Crippen LogP contribution in [0, 0.1) is 111 Å². The van der Waals surface area contributed by atoms with Crippen LogP contribution in [0.3, 0.4) is 0 Å². The summed E-state index contributed by atoms with van der Waals surface area (Å²) in [6.07, 6.45) is 55.5. The predicted molar refractivity (Wildman–Crippen MR) is 350 cm³/mol. The third-order valence-electron chi connectivity index (χ3n) is 13.4. The van der Waals surface area contributed by atoms with Crippen LogP contribution in [-0.2, 0) is 75.0 Å². The number of carbonyl (C=O) groups excluding carboxylic acids is 3. The number of terminal acetylenes is 9. The van der Waals surface area contributed by atoms with Gasteiger partial charge in [-0.1, -0.05) is 72.8 Å². The lowest BCUT2D eigenvalue weighted by molar-refractivity contribution is 0.102. The van der Waals surface area contributed by atoms with Crippen LogP contribution in [0.2, 0.25) is 0 Å². The summed E-state index contributed by atoms with van der Waals surface area (Å²) >= 11 is 4.55. The Labute approximate surface area is 508 Å². The Morgan fingerprint density at radius 1 is 0.310 bits per heavy atom. The predicted octanol–water partition coefficient (Wildman–Crippen LogP) is 13.9. The smallest absolute Gasteiger partial charge is 0.255 e. The second-order valence-electron chi connectivity index (χ2n) is 19.1. The molecular weight excluding hydrogens is 1090 g/mol. The van der Waals surface area contributed by atoms with E-state index >= 15 is 0 Å². The summed E-state index contributed by atoms with van der Waals surface area (Å²) in [7, 11) is 0. The highest BCUT2D eigenvalue weighted by Gasteiger charge is 2.21. The van der Waals surface area contributed by atoms with Crippen molar-refractivity contribution in [3.05, 3.63) is 211 Å². The number of benzene rings is 7. The number of carbonyl (C=O) groups is 3. The second-order valence-corrected chi connectivity index (χ2v) is 22.2. The molecule has 0 heterocycles. The molecule has 0 aliphatic heterocycles. The van der Waals surface area contributed by atoms with Crippen LogP contribution in [-0.4, -0.2) is 17.7 Å². The number of nitrogens with one attached hydrogen (secondary N) is 3. The number of thioether (sulfide) groups is 3. The van der Waals surface area contributed by atoms with Crippen molar-refractivity contribution >= 4 is 70.1 Å². The number of hydrogen-bond acceptors (Lipinski definition) is 6. The quantitative estimate of drug-likeness (QED) is 0.0413. The van der Waals surface area contributed by atoms with E-state index in [1.54, 1.807) is 18.2 Å². The average molecular weight is 1140 g/mol. The van der Waals surface area contributed by atoms with Gasteiger partial charge in [-0.3, -0.25) is 14.4 Å². The normalized spacial score (nSPS) is 10.2. The Morgan fingerprint density at radius 3 is 0.738 bits per heavy atom. The standard InChI is InChI=1S/C75H57N3O3S3/c1-10-25-55-40-52(41-56(26-11-2)64(55)31-16-7)49-82-70-37-22-19-34-67(70)76-73(79)61-46-62(74(80)77-68-35-20-23-38-71(68)83-50-53-42-57(27-12-3)65(32-17-8)58(43-53)28-13-4)48-63(47-61)75(81)78-69-36-21-24-39-72(69)84-51-54-44-59(29-14-5)66(33-18-9)60(45-54)30-15-6/h1-9,19-24,34-48H,25-33,49-51H2,(H,76,79)(H,77,80)(H,78,81). The number of hydrogen-bond donors (Lipinski definition) is 3. The lowest BCUT2D eigenvalue weighted by atomic mass is 9.92. The highest BCUT2D eigenvalue weighted by atomic mass is 32.2. The average Bonchev–Trinajstić information content (AvgIpc) is 3.60. The van der Waals surface area contributed by atoms with E-state index < -0.39 is 17.7 Å². The molecule has 408 valence electrons. The van der Waals surface area contributed by atoms with Crippen molar-refractivity contribution in [2.75, 3.05) is 16.0 Å². The van der Waals surface area contributed by atoms with Crippen LogP contribution in [0.5, 0.6) is 0 Å². The molecule has 0 spiro atoms.